The molecule has 0 aromatic rings. The fourth-order valence-electron chi connectivity index (χ4n) is 0.0798. The SMILES string of the molecule is C#CONC(N)=O. The fraction of sp³-hybridized carbons (Fsp3) is 0. The van der Waals surface area contributed by atoms with E-state index in [1.54, 1.807) is 11.6 Å². The van der Waals surface area contributed by atoms with Crippen molar-refractivity contribution in [3.63, 3.8) is 0 Å². The second kappa shape index (κ2) is 2.85. The molecule has 0 spiro atoms. The average Bonchev–Trinajstić information content (AvgIpc) is 1.61. The Morgan fingerprint density at radius 3 is 2.71 bits per heavy atom. The van der Waals surface area contributed by atoms with E-state index in [-0.39, 0.29) is 0 Å². The summed E-state index contributed by atoms with van der Waals surface area (Å²) >= 11 is 0. The van der Waals surface area contributed by atoms with Crippen LogP contribution in [0.5, 0.6) is 0 Å². The van der Waals surface area contributed by atoms with E-state index < -0.39 is 6.03 Å². The molecule has 0 bridgehead atoms. The van der Waals surface area contributed by atoms with Gasteiger partial charge < -0.3 is 10.6 Å². The first kappa shape index (κ1) is 5.63. The quantitative estimate of drug-likeness (QED) is 0.334. The fourth-order valence-corrected chi connectivity index (χ4v) is 0.0798. The van der Waals surface area contributed by atoms with E-state index in [0.29, 0.717) is 0 Å². The van der Waals surface area contributed by atoms with Gasteiger partial charge in [-0.05, 0) is 0 Å². The molecule has 0 aromatic carbocycles. The highest BCUT2D eigenvalue weighted by atomic mass is 16.6. The second-order valence-electron chi connectivity index (χ2n) is 0.686. The largest absolute Gasteiger partial charge is 0.349 e. The number of nitrogens with two attached hydrogens (primary N) is 1. The summed E-state index contributed by atoms with van der Waals surface area (Å²) in [6, 6.07) is -0.807. The van der Waals surface area contributed by atoms with Crippen molar-refractivity contribution in [3.8, 4) is 12.5 Å². The Labute approximate surface area is 40.6 Å². The number of hydroxylamine groups is 1. The topological polar surface area (TPSA) is 64.3 Å². The maximum atomic E-state index is 9.65. The number of primary amides is 1. The van der Waals surface area contributed by atoms with E-state index in [2.05, 4.69) is 17.0 Å². The van der Waals surface area contributed by atoms with Gasteiger partial charge in [0.25, 0.3) is 0 Å². The van der Waals surface area contributed by atoms with Crippen LogP contribution in [0.3, 0.4) is 0 Å². The van der Waals surface area contributed by atoms with E-state index in [1.807, 2.05) is 0 Å². The van der Waals surface area contributed by atoms with E-state index in [1.165, 1.54) is 0 Å². The smallest absolute Gasteiger partial charge is 0.346 e. The summed E-state index contributed by atoms with van der Waals surface area (Å²) in [6.07, 6.45) is 6.22. The van der Waals surface area contributed by atoms with Gasteiger partial charge in [0.15, 0.2) is 0 Å². The van der Waals surface area contributed by atoms with E-state index in [0.717, 1.165) is 0 Å². The van der Waals surface area contributed by atoms with Crippen molar-refractivity contribution >= 4 is 6.03 Å². The van der Waals surface area contributed by atoms with Crippen LogP contribution in [-0.4, -0.2) is 6.03 Å². The van der Waals surface area contributed by atoms with Gasteiger partial charge >= 0.3 is 6.03 Å². The number of carbonyl (C=O) groups is 1. The Kier molecular flexibility index (Phi) is 2.29. The molecule has 0 aliphatic carbocycles. The van der Waals surface area contributed by atoms with E-state index in [9.17, 15) is 4.79 Å². The lowest BCUT2D eigenvalue weighted by atomic mass is 11.2. The molecule has 0 saturated heterocycles. The molecular formula is C3H4N2O2. The van der Waals surface area contributed by atoms with Crippen molar-refractivity contribution in [3.05, 3.63) is 0 Å². The summed E-state index contributed by atoms with van der Waals surface area (Å²) in [7, 11) is 0. The van der Waals surface area contributed by atoms with Crippen LogP contribution in [0.15, 0.2) is 0 Å². The first-order valence-electron chi connectivity index (χ1n) is 1.44. The van der Waals surface area contributed by atoms with Crippen molar-refractivity contribution in [2.24, 2.45) is 5.73 Å². The first-order chi connectivity index (χ1) is 3.27. The van der Waals surface area contributed by atoms with Crippen molar-refractivity contribution in [2.75, 3.05) is 0 Å². The maximum absolute atomic E-state index is 9.65. The number of nitrogens with one attached hydrogen (secondary N) is 1. The molecule has 0 atom stereocenters. The molecule has 0 aliphatic rings. The van der Waals surface area contributed by atoms with Crippen molar-refractivity contribution in [2.45, 2.75) is 0 Å². The highest BCUT2D eigenvalue weighted by Crippen LogP contribution is 1.54. The van der Waals surface area contributed by atoms with Gasteiger partial charge in [-0.1, -0.05) is 6.42 Å². The van der Waals surface area contributed by atoms with Gasteiger partial charge in [0, 0.05) is 0 Å². The summed E-state index contributed by atoms with van der Waals surface area (Å²) in [5, 5.41) is 0. The Balaban J connectivity index is 3.02. The third-order valence-electron chi connectivity index (χ3n) is 0.211. The number of hydrogen-bond acceptors (Lipinski definition) is 2. The molecule has 0 aromatic heterocycles. The van der Waals surface area contributed by atoms with Gasteiger partial charge in [-0.3, -0.25) is 0 Å². The normalized spacial score (nSPS) is 6.14. The number of hydrogen-bond donors (Lipinski definition) is 2. The molecule has 3 N–H and O–H groups in total. The van der Waals surface area contributed by atoms with Crippen LogP contribution >= 0.6 is 0 Å². The zero-order chi connectivity index (χ0) is 5.70. The molecule has 0 heterocycles. The van der Waals surface area contributed by atoms with Crippen LogP contribution in [0.1, 0.15) is 0 Å². The molecule has 7 heavy (non-hydrogen) atoms. The molecule has 4 heteroatoms. The monoisotopic (exact) mass is 100 g/mol. The Morgan fingerprint density at radius 2 is 2.57 bits per heavy atom. The molecule has 4 nitrogen and oxygen atoms in total. The van der Waals surface area contributed by atoms with Crippen LogP contribution in [0.25, 0.3) is 0 Å². The van der Waals surface area contributed by atoms with Gasteiger partial charge in [0.2, 0.25) is 0 Å². The van der Waals surface area contributed by atoms with Gasteiger partial charge in [0.1, 0.15) is 6.11 Å². The van der Waals surface area contributed by atoms with Crippen LogP contribution < -0.4 is 11.2 Å². The first-order valence-corrected chi connectivity index (χ1v) is 1.44. The highest BCUT2D eigenvalue weighted by molar-refractivity contribution is 5.70. The predicted molar refractivity (Wildman–Crippen MR) is 22.6 cm³/mol. The van der Waals surface area contributed by atoms with Crippen LogP contribution in [0.4, 0.5) is 4.79 Å². The summed E-state index contributed by atoms with van der Waals surface area (Å²) in [6.45, 7) is 0. The molecule has 0 saturated carbocycles. The van der Waals surface area contributed by atoms with Gasteiger partial charge in [-0.15, -0.1) is 0 Å². The summed E-state index contributed by atoms with van der Waals surface area (Å²) in [5.41, 5.74) is 6.21. The van der Waals surface area contributed by atoms with Gasteiger partial charge in [0.05, 0.1) is 0 Å². The van der Waals surface area contributed by atoms with Gasteiger partial charge in [-0.25, -0.2) is 4.79 Å². The number of terminal acetylenes is 1. The molecule has 38 valence electrons. The van der Waals surface area contributed by atoms with Crippen molar-refractivity contribution < 1.29 is 9.63 Å². The Hall–Kier alpha value is -1.37. The standard InChI is InChI=1S/C3H4N2O2/c1-2-7-5-3(4)6/h1H,(H3,4,5,6). The molecular weight excluding hydrogens is 96.0 g/mol. The van der Waals surface area contributed by atoms with Crippen molar-refractivity contribution in [1.29, 1.82) is 0 Å². The summed E-state index contributed by atoms with van der Waals surface area (Å²) < 4.78 is 0. The average molecular weight is 100 g/mol. The minimum Gasteiger partial charge on any atom is -0.349 e. The summed E-state index contributed by atoms with van der Waals surface area (Å²) in [5.74, 6) is 0. The number of urea groups is 1. The molecule has 0 unspecified atom stereocenters. The zero-order valence-corrected chi connectivity index (χ0v) is 3.47. The number of amides is 2. The lowest BCUT2D eigenvalue weighted by molar-refractivity contribution is 0.163. The maximum Gasteiger partial charge on any atom is 0.346 e. The number of rotatable bonds is 1. The summed E-state index contributed by atoms with van der Waals surface area (Å²) in [4.78, 5) is 13.5. The lowest BCUT2D eigenvalue weighted by Crippen LogP contribution is -2.27. The Morgan fingerprint density at radius 1 is 2.00 bits per heavy atom. The third kappa shape index (κ3) is 4.63. The third-order valence-corrected chi connectivity index (χ3v) is 0.211. The van der Waals surface area contributed by atoms with E-state index >= 15 is 0 Å². The molecule has 0 fully saturated rings. The predicted octanol–water partition coefficient (Wildman–Crippen LogP) is -0.823. The van der Waals surface area contributed by atoms with E-state index in [4.69, 9.17) is 0 Å². The van der Waals surface area contributed by atoms with Crippen molar-refractivity contribution in [1.82, 2.24) is 5.48 Å². The molecule has 0 radical (unpaired) electrons. The zero-order valence-electron chi connectivity index (χ0n) is 3.47. The minimum atomic E-state index is -0.807. The van der Waals surface area contributed by atoms with Crippen LogP contribution in [0.2, 0.25) is 0 Å². The van der Waals surface area contributed by atoms with Gasteiger partial charge in [-0.2, -0.15) is 5.48 Å². The Bertz CT molecular complexity index is 104. The molecule has 2 amide bonds. The van der Waals surface area contributed by atoms with Crippen LogP contribution in [0, 0.1) is 12.5 Å². The number of carbonyl (C=O) groups excluding carboxylic acids is 1. The highest BCUT2D eigenvalue weighted by Gasteiger charge is 1.82. The van der Waals surface area contributed by atoms with Crippen LogP contribution in [-0.2, 0) is 4.84 Å². The molecule has 0 rings (SSSR count). The lowest BCUT2D eigenvalue weighted by Gasteiger charge is -1.90. The minimum absolute atomic E-state index is 0.807. The second-order valence-corrected chi connectivity index (χ2v) is 0.686. The molecule has 0 aliphatic heterocycles.